The Morgan fingerprint density at radius 3 is 2.07 bits per heavy atom. The van der Waals surface area contributed by atoms with Crippen molar-refractivity contribution >= 4 is 27.8 Å². The third-order valence-electron chi connectivity index (χ3n) is 4.83. The zero-order valence-corrected chi connectivity index (χ0v) is 16.0. The van der Waals surface area contributed by atoms with Gasteiger partial charge in [-0.15, -0.1) is 0 Å². The van der Waals surface area contributed by atoms with E-state index in [0.29, 0.717) is 12.3 Å². The molecule has 0 heterocycles. The predicted octanol–water partition coefficient (Wildman–Crippen LogP) is 5.13. The second kappa shape index (κ2) is 8.01. The summed E-state index contributed by atoms with van der Waals surface area (Å²) in [5, 5.41) is 9.29. The first-order valence-corrected chi connectivity index (χ1v) is 9.17. The number of nitrogens with zero attached hydrogens (tertiary/aromatic N) is 1. The highest BCUT2D eigenvalue weighted by atomic mass is 16.5. The zero-order chi connectivity index (χ0) is 19.3. The summed E-state index contributed by atoms with van der Waals surface area (Å²) in [5.74, 6) is 1.43. The third-order valence-corrected chi connectivity index (χ3v) is 4.83. The first kappa shape index (κ1) is 17.9. The number of methoxy groups -OCH3 is 2. The van der Waals surface area contributed by atoms with Crippen LogP contribution >= 0.6 is 0 Å². The molecule has 0 bridgehead atoms. The van der Waals surface area contributed by atoms with Gasteiger partial charge in [-0.1, -0.05) is 54.6 Å². The summed E-state index contributed by atoms with van der Waals surface area (Å²) in [4.78, 5) is 0. The summed E-state index contributed by atoms with van der Waals surface area (Å²) < 4.78 is 10.6. The van der Waals surface area contributed by atoms with Crippen LogP contribution in [0.25, 0.3) is 21.5 Å². The Kier molecular flexibility index (Phi) is 5.11. The Morgan fingerprint density at radius 1 is 0.786 bits per heavy atom. The molecule has 4 aromatic carbocycles. The molecule has 4 aromatic rings. The van der Waals surface area contributed by atoms with Crippen LogP contribution in [0.1, 0.15) is 11.1 Å². The van der Waals surface area contributed by atoms with Crippen LogP contribution in [0.3, 0.4) is 0 Å². The summed E-state index contributed by atoms with van der Waals surface area (Å²) >= 11 is 0. The maximum absolute atomic E-state index is 5.36. The quantitative estimate of drug-likeness (QED) is 0.290. The maximum atomic E-state index is 5.36. The maximum Gasteiger partial charge on any atom is 0.161 e. The molecule has 28 heavy (non-hydrogen) atoms. The summed E-state index contributed by atoms with van der Waals surface area (Å²) in [6.07, 6.45) is 1.91. The molecule has 1 N–H and O–H groups in total. The monoisotopic (exact) mass is 370 g/mol. The number of rotatable bonds is 6. The molecule has 4 heteroatoms. The Labute approximate surface area is 164 Å². The van der Waals surface area contributed by atoms with E-state index >= 15 is 0 Å². The first-order chi connectivity index (χ1) is 13.8. The van der Waals surface area contributed by atoms with E-state index in [2.05, 4.69) is 65.1 Å². The van der Waals surface area contributed by atoms with Crippen molar-refractivity contribution in [2.45, 2.75) is 6.54 Å². The van der Waals surface area contributed by atoms with Crippen LogP contribution in [0.15, 0.2) is 77.9 Å². The van der Waals surface area contributed by atoms with Gasteiger partial charge in [-0.05, 0) is 45.3 Å². The minimum atomic E-state index is 0.597. The van der Waals surface area contributed by atoms with E-state index in [1.165, 1.54) is 21.5 Å². The van der Waals surface area contributed by atoms with Crippen molar-refractivity contribution in [3.63, 3.8) is 0 Å². The molecule has 4 rings (SSSR count). The van der Waals surface area contributed by atoms with Gasteiger partial charge in [-0.3, -0.25) is 0 Å². The molecule has 0 aliphatic carbocycles. The highest BCUT2D eigenvalue weighted by Gasteiger charge is 2.06. The van der Waals surface area contributed by atoms with Crippen LogP contribution in [0.4, 0.5) is 0 Å². The third kappa shape index (κ3) is 3.49. The SMILES string of the molecule is COc1ccc(CN/N=C\c2c3ccccc3cc3ccccc23)cc1OC. The van der Waals surface area contributed by atoms with Crippen molar-refractivity contribution in [1.29, 1.82) is 0 Å². The van der Waals surface area contributed by atoms with Gasteiger partial charge in [0.1, 0.15) is 0 Å². The lowest BCUT2D eigenvalue weighted by Gasteiger charge is -2.10. The molecular weight excluding hydrogens is 348 g/mol. The normalized spacial score (nSPS) is 11.2. The highest BCUT2D eigenvalue weighted by molar-refractivity contribution is 6.13. The lowest BCUT2D eigenvalue weighted by molar-refractivity contribution is 0.354. The van der Waals surface area contributed by atoms with E-state index in [9.17, 15) is 0 Å². The fourth-order valence-corrected chi connectivity index (χ4v) is 3.43. The Bertz CT molecular complexity index is 1100. The number of fused-ring (bicyclic) bond motifs is 2. The number of ether oxygens (including phenoxy) is 2. The molecule has 140 valence electrons. The zero-order valence-electron chi connectivity index (χ0n) is 16.0. The molecule has 0 unspecified atom stereocenters. The highest BCUT2D eigenvalue weighted by Crippen LogP contribution is 2.28. The van der Waals surface area contributed by atoms with Crippen LogP contribution in [0.5, 0.6) is 11.5 Å². The van der Waals surface area contributed by atoms with Crippen LogP contribution in [0, 0.1) is 0 Å². The van der Waals surface area contributed by atoms with Crippen LogP contribution in [-0.4, -0.2) is 20.4 Å². The molecule has 0 atom stereocenters. The molecule has 0 amide bonds. The second-order valence-corrected chi connectivity index (χ2v) is 6.51. The van der Waals surface area contributed by atoms with Gasteiger partial charge in [-0.2, -0.15) is 5.10 Å². The average Bonchev–Trinajstić information content (AvgIpc) is 2.75. The van der Waals surface area contributed by atoms with Gasteiger partial charge in [0, 0.05) is 5.56 Å². The van der Waals surface area contributed by atoms with E-state index in [1.54, 1.807) is 14.2 Å². The van der Waals surface area contributed by atoms with Crippen molar-refractivity contribution in [2.24, 2.45) is 5.10 Å². The van der Waals surface area contributed by atoms with Gasteiger partial charge in [0.25, 0.3) is 0 Å². The van der Waals surface area contributed by atoms with Gasteiger partial charge in [-0.25, -0.2) is 0 Å². The second-order valence-electron chi connectivity index (χ2n) is 6.51. The molecule has 4 nitrogen and oxygen atoms in total. The van der Waals surface area contributed by atoms with Crippen molar-refractivity contribution in [3.8, 4) is 11.5 Å². The van der Waals surface area contributed by atoms with E-state index in [4.69, 9.17) is 9.47 Å². The molecule has 0 fully saturated rings. The number of benzene rings is 4. The smallest absolute Gasteiger partial charge is 0.161 e. The average molecular weight is 370 g/mol. The predicted molar refractivity (Wildman–Crippen MR) is 115 cm³/mol. The molecule has 0 aromatic heterocycles. The fraction of sp³-hybridized carbons (Fsp3) is 0.125. The van der Waals surface area contributed by atoms with E-state index in [-0.39, 0.29) is 0 Å². The van der Waals surface area contributed by atoms with Gasteiger partial charge < -0.3 is 14.9 Å². The first-order valence-electron chi connectivity index (χ1n) is 9.17. The minimum absolute atomic E-state index is 0.597. The van der Waals surface area contributed by atoms with Crippen LogP contribution in [0.2, 0.25) is 0 Å². The number of hydrogen-bond donors (Lipinski definition) is 1. The molecule has 0 saturated heterocycles. The molecule has 0 aliphatic rings. The van der Waals surface area contributed by atoms with Gasteiger partial charge >= 0.3 is 0 Å². The van der Waals surface area contributed by atoms with Gasteiger partial charge in [0.2, 0.25) is 0 Å². The topological polar surface area (TPSA) is 42.8 Å². The number of nitrogens with one attached hydrogen (secondary N) is 1. The number of hydrazone groups is 1. The van der Waals surface area contributed by atoms with Gasteiger partial charge in [0.15, 0.2) is 11.5 Å². The Morgan fingerprint density at radius 2 is 1.43 bits per heavy atom. The summed E-state index contributed by atoms with van der Waals surface area (Å²) in [6, 6.07) is 24.9. The van der Waals surface area contributed by atoms with Crippen molar-refractivity contribution < 1.29 is 9.47 Å². The molecule has 0 radical (unpaired) electrons. The lowest BCUT2D eigenvalue weighted by Crippen LogP contribution is -2.06. The standard InChI is InChI=1S/C24H22N2O2/c1-27-23-12-11-17(13-24(23)28-2)15-25-26-16-22-20-9-5-3-7-18(20)14-19-8-4-6-10-21(19)22/h3-14,16,25H,15H2,1-2H3/b26-16-. The molecular formula is C24H22N2O2. The Hall–Kier alpha value is -3.53. The summed E-state index contributed by atoms with van der Waals surface area (Å²) in [5.41, 5.74) is 5.33. The Balaban J connectivity index is 1.60. The lowest BCUT2D eigenvalue weighted by atomic mass is 9.97. The molecule has 0 aliphatic heterocycles. The van der Waals surface area contributed by atoms with Crippen molar-refractivity contribution in [1.82, 2.24) is 5.43 Å². The number of hydrogen-bond acceptors (Lipinski definition) is 4. The molecule has 0 saturated carbocycles. The summed E-state index contributed by atoms with van der Waals surface area (Å²) in [7, 11) is 3.27. The summed E-state index contributed by atoms with van der Waals surface area (Å²) in [6.45, 7) is 0.597. The van der Waals surface area contributed by atoms with E-state index in [0.717, 1.165) is 16.9 Å². The fourth-order valence-electron chi connectivity index (χ4n) is 3.43. The van der Waals surface area contributed by atoms with Gasteiger partial charge in [0.05, 0.1) is 27.0 Å². The minimum Gasteiger partial charge on any atom is -0.493 e. The van der Waals surface area contributed by atoms with Crippen LogP contribution in [-0.2, 0) is 6.54 Å². The van der Waals surface area contributed by atoms with Crippen molar-refractivity contribution in [3.05, 3.63) is 83.9 Å². The van der Waals surface area contributed by atoms with E-state index in [1.807, 2.05) is 24.4 Å². The largest absolute Gasteiger partial charge is 0.493 e. The molecule has 0 spiro atoms. The van der Waals surface area contributed by atoms with Crippen LogP contribution < -0.4 is 14.9 Å². The van der Waals surface area contributed by atoms with Crippen molar-refractivity contribution in [2.75, 3.05) is 14.2 Å². The van der Waals surface area contributed by atoms with E-state index < -0.39 is 0 Å².